The van der Waals surface area contributed by atoms with Crippen molar-refractivity contribution in [1.82, 2.24) is 15.8 Å². The van der Waals surface area contributed by atoms with Crippen LogP contribution in [-0.4, -0.2) is 36.2 Å². The lowest BCUT2D eigenvalue weighted by Gasteiger charge is -2.29. The van der Waals surface area contributed by atoms with E-state index in [1.165, 1.54) is 5.01 Å². The van der Waals surface area contributed by atoms with Crippen LogP contribution < -0.4 is 10.7 Å². The molecule has 0 saturated carbocycles. The summed E-state index contributed by atoms with van der Waals surface area (Å²) >= 11 is 0. The maximum Gasteiger partial charge on any atom is 0.329 e. The zero-order valence-corrected chi connectivity index (χ0v) is 14.6. The number of rotatable bonds is 9. The molecule has 0 bridgehead atoms. The summed E-state index contributed by atoms with van der Waals surface area (Å²) in [6.07, 6.45) is 2.14. The van der Waals surface area contributed by atoms with Crippen LogP contribution in [0.25, 0.3) is 0 Å². The molecule has 1 rings (SSSR count). The number of nitrogens with one attached hydrogen (secondary N) is 2. The molecule has 0 fully saturated rings. The minimum atomic E-state index is -0.555. The molecule has 2 atom stereocenters. The number of benzene rings is 1. The van der Waals surface area contributed by atoms with E-state index in [-0.39, 0.29) is 18.0 Å². The highest BCUT2D eigenvalue weighted by molar-refractivity contribution is 5.78. The maximum atomic E-state index is 12.3. The molecule has 0 aliphatic carbocycles. The molecule has 0 radical (unpaired) electrons. The third-order valence-electron chi connectivity index (χ3n) is 3.54. The van der Waals surface area contributed by atoms with E-state index >= 15 is 0 Å². The van der Waals surface area contributed by atoms with Crippen molar-refractivity contribution in [3.8, 4) is 0 Å². The van der Waals surface area contributed by atoms with Crippen LogP contribution in [0.4, 0.5) is 4.79 Å². The van der Waals surface area contributed by atoms with Crippen molar-refractivity contribution in [1.29, 1.82) is 0 Å². The molecule has 24 heavy (non-hydrogen) atoms. The van der Waals surface area contributed by atoms with Gasteiger partial charge in [-0.05, 0) is 25.8 Å². The van der Waals surface area contributed by atoms with Gasteiger partial charge in [-0.3, -0.25) is 10.2 Å². The Hall–Kier alpha value is -2.34. The number of urea groups is 1. The monoisotopic (exact) mass is 333 g/mol. The Morgan fingerprint density at radius 3 is 2.50 bits per heavy atom. The summed E-state index contributed by atoms with van der Waals surface area (Å²) in [5.74, 6) is -0.363. The number of esters is 1. The van der Waals surface area contributed by atoms with E-state index in [9.17, 15) is 9.59 Å². The fraction of sp³-hybridized carbons (Fsp3) is 0.444. The van der Waals surface area contributed by atoms with Gasteiger partial charge in [-0.25, -0.2) is 9.80 Å². The van der Waals surface area contributed by atoms with Gasteiger partial charge in [-0.15, -0.1) is 6.58 Å². The molecule has 132 valence electrons. The predicted molar refractivity (Wildman–Crippen MR) is 94.1 cm³/mol. The van der Waals surface area contributed by atoms with Gasteiger partial charge in [0.15, 0.2) is 0 Å². The minimum absolute atomic E-state index is 0.153. The Balaban J connectivity index is 2.70. The predicted octanol–water partition coefficient (Wildman–Crippen LogP) is 2.79. The van der Waals surface area contributed by atoms with Crippen LogP contribution in [0.5, 0.6) is 0 Å². The molecule has 0 spiro atoms. The van der Waals surface area contributed by atoms with Gasteiger partial charge in [0.1, 0.15) is 6.04 Å². The van der Waals surface area contributed by atoms with Crippen molar-refractivity contribution in [2.75, 3.05) is 13.2 Å². The van der Waals surface area contributed by atoms with Crippen LogP contribution in [-0.2, 0) is 9.53 Å². The zero-order chi connectivity index (χ0) is 17.9. The first-order chi connectivity index (χ1) is 11.5. The molecule has 1 aromatic carbocycles. The fourth-order valence-corrected chi connectivity index (χ4v) is 2.33. The molecule has 0 saturated heterocycles. The van der Waals surface area contributed by atoms with E-state index in [4.69, 9.17) is 4.74 Å². The van der Waals surface area contributed by atoms with Gasteiger partial charge < -0.3 is 10.1 Å². The highest BCUT2D eigenvalue weighted by atomic mass is 16.5. The standard InChI is InChI=1S/C18H27N3O3/c1-5-13-21(16(6-2)17(22)24-7-3)20-18(23)19-14(4)15-11-9-8-10-12-15/h5,8-12,14,16H,1,6-7,13H2,2-4H3,(H2,19,20,23)/t14-,16-/m0/s1. The molecular formula is C18H27N3O3. The van der Waals surface area contributed by atoms with E-state index in [0.29, 0.717) is 19.6 Å². The molecular weight excluding hydrogens is 306 g/mol. The van der Waals surface area contributed by atoms with Gasteiger partial charge in [-0.1, -0.05) is 43.3 Å². The van der Waals surface area contributed by atoms with Crippen molar-refractivity contribution in [3.05, 3.63) is 48.6 Å². The number of hydrogen-bond acceptors (Lipinski definition) is 4. The van der Waals surface area contributed by atoms with Crippen LogP contribution in [0.3, 0.4) is 0 Å². The summed E-state index contributed by atoms with van der Waals surface area (Å²) in [7, 11) is 0. The smallest absolute Gasteiger partial charge is 0.329 e. The lowest BCUT2D eigenvalue weighted by atomic mass is 10.1. The summed E-state index contributed by atoms with van der Waals surface area (Å²) in [5, 5.41) is 4.40. The Bertz CT molecular complexity index is 534. The molecule has 0 aromatic heterocycles. The van der Waals surface area contributed by atoms with Crippen LogP contribution in [0.1, 0.15) is 38.8 Å². The number of carbonyl (C=O) groups is 2. The molecule has 6 heteroatoms. The quantitative estimate of drug-likeness (QED) is 0.414. The summed E-state index contributed by atoms with van der Waals surface area (Å²) < 4.78 is 5.07. The van der Waals surface area contributed by atoms with Crippen LogP contribution >= 0.6 is 0 Å². The number of nitrogens with zero attached hydrogens (tertiary/aromatic N) is 1. The number of hydrazine groups is 1. The van der Waals surface area contributed by atoms with Gasteiger partial charge in [0, 0.05) is 6.54 Å². The molecule has 0 aliphatic heterocycles. The van der Waals surface area contributed by atoms with Crippen LogP contribution in [0.2, 0.25) is 0 Å². The first-order valence-electron chi connectivity index (χ1n) is 8.19. The summed E-state index contributed by atoms with van der Waals surface area (Å²) in [5.41, 5.74) is 3.72. The normalized spacial score (nSPS) is 13.0. The SMILES string of the molecule is C=CCN(NC(=O)N[C@@H](C)c1ccccc1)[C@@H](CC)C(=O)OCC. The van der Waals surface area contributed by atoms with E-state index in [0.717, 1.165) is 5.56 Å². The summed E-state index contributed by atoms with van der Waals surface area (Å²) in [4.78, 5) is 24.3. The van der Waals surface area contributed by atoms with E-state index < -0.39 is 6.04 Å². The van der Waals surface area contributed by atoms with Crippen molar-refractivity contribution < 1.29 is 14.3 Å². The van der Waals surface area contributed by atoms with Crippen LogP contribution in [0.15, 0.2) is 43.0 Å². The second kappa shape index (κ2) is 10.4. The Labute approximate surface area is 143 Å². The first kappa shape index (κ1) is 19.7. The van der Waals surface area contributed by atoms with Gasteiger partial charge in [-0.2, -0.15) is 0 Å². The molecule has 0 aliphatic rings. The van der Waals surface area contributed by atoms with Crippen molar-refractivity contribution >= 4 is 12.0 Å². The van der Waals surface area contributed by atoms with Gasteiger partial charge in [0.2, 0.25) is 0 Å². The molecule has 0 heterocycles. The van der Waals surface area contributed by atoms with E-state index in [1.807, 2.05) is 44.2 Å². The Morgan fingerprint density at radius 1 is 1.29 bits per heavy atom. The van der Waals surface area contributed by atoms with E-state index in [1.54, 1.807) is 13.0 Å². The Morgan fingerprint density at radius 2 is 1.96 bits per heavy atom. The summed E-state index contributed by atoms with van der Waals surface area (Å²) in [6, 6.07) is 8.57. The second-order valence-corrected chi connectivity index (χ2v) is 5.33. The summed E-state index contributed by atoms with van der Waals surface area (Å²) in [6.45, 7) is 9.83. The molecule has 0 unspecified atom stereocenters. The number of amides is 2. The lowest BCUT2D eigenvalue weighted by Crippen LogP contribution is -2.55. The Kier molecular flexibility index (Phi) is 8.57. The van der Waals surface area contributed by atoms with Gasteiger partial charge in [0.05, 0.1) is 12.6 Å². The minimum Gasteiger partial charge on any atom is -0.465 e. The second-order valence-electron chi connectivity index (χ2n) is 5.33. The number of ether oxygens (including phenoxy) is 1. The topological polar surface area (TPSA) is 70.7 Å². The highest BCUT2D eigenvalue weighted by Gasteiger charge is 2.26. The zero-order valence-electron chi connectivity index (χ0n) is 14.6. The maximum absolute atomic E-state index is 12.3. The van der Waals surface area contributed by atoms with E-state index in [2.05, 4.69) is 17.3 Å². The van der Waals surface area contributed by atoms with Crippen LogP contribution in [0, 0.1) is 0 Å². The van der Waals surface area contributed by atoms with Crippen molar-refractivity contribution in [2.24, 2.45) is 0 Å². The third-order valence-corrected chi connectivity index (χ3v) is 3.54. The molecule has 2 N–H and O–H groups in total. The third kappa shape index (κ3) is 6.04. The van der Waals surface area contributed by atoms with Crippen molar-refractivity contribution in [2.45, 2.75) is 39.3 Å². The highest BCUT2D eigenvalue weighted by Crippen LogP contribution is 2.11. The molecule has 2 amide bonds. The average molecular weight is 333 g/mol. The van der Waals surface area contributed by atoms with Crippen molar-refractivity contribution in [3.63, 3.8) is 0 Å². The largest absolute Gasteiger partial charge is 0.465 e. The fourth-order valence-electron chi connectivity index (χ4n) is 2.33. The number of carbonyl (C=O) groups excluding carboxylic acids is 2. The lowest BCUT2D eigenvalue weighted by molar-refractivity contribution is -0.150. The number of hydrogen-bond donors (Lipinski definition) is 2. The van der Waals surface area contributed by atoms with Gasteiger partial charge >= 0.3 is 12.0 Å². The first-order valence-corrected chi connectivity index (χ1v) is 8.19. The van der Waals surface area contributed by atoms with Gasteiger partial charge in [0.25, 0.3) is 0 Å². The molecule has 6 nitrogen and oxygen atoms in total. The average Bonchev–Trinajstić information content (AvgIpc) is 2.56. The molecule has 1 aromatic rings.